The molecule has 0 aliphatic heterocycles. The molecule has 0 radical (unpaired) electrons. The van der Waals surface area contributed by atoms with Gasteiger partial charge in [-0.15, -0.1) is 0 Å². The van der Waals surface area contributed by atoms with Crippen molar-refractivity contribution in [1.29, 1.82) is 0 Å². The Balaban J connectivity index is 1.79. The van der Waals surface area contributed by atoms with E-state index in [1.807, 2.05) is 0 Å². The number of carbonyl (C=O) groups is 1. The Morgan fingerprint density at radius 1 is 1.26 bits per heavy atom. The van der Waals surface area contributed by atoms with E-state index in [0.717, 1.165) is 12.1 Å². The average molecular weight is 435 g/mol. The molecule has 31 heavy (non-hydrogen) atoms. The molecule has 2 amide bonds. The fraction of sp³-hybridized carbons (Fsp3) is 0.190. The Kier molecular flexibility index (Phi) is 7.78. The maximum atomic E-state index is 12.7. The van der Waals surface area contributed by atoms with Crippen LogP contribution in [0.5, 0.6) is 5.75 Å². The first kappa shape index (κ1) is 23.5. The number of alkyl halides is 3. The lowest BCUT2D eigenvalue weighted by Crippen LogP contribution is -2.27. The van der Waals surface area contributed by atoms with E-state index in [4.69, 9.17) is 4.74 Å². The molecule has 0 aromatic heterocycles. The second kappa shape index (κ2) is 10.3. The summed E-state index contributed by atoms with van der Waals surface area (Å²) in [4.78, 5) is 22.1. The van der Waals surface area contributed by atoms with Crippen molar-refractivity contribution in [1.82, 2.24) is 5.32 Å². The molecule has 0 aliphatic rings. The third-order valence-electron chi connectivity index (χ3n) is 3.89. The molecule has 10 heteroatoms. The van der Waals surface area contributed by atoms with E-state index in [1.54, 1.807) is 13.0 Å². The number of hydrogen-bond donors (Lipinski definition) is 2. The number of rotatable bonds is 8. The minimum atomic E-state index is -4.51. The summed E-state index contributed by atoms with van der Waals surface area (Å²) in [5.74, 6) is 0.476. The molecule has 7 nitrogen and oxygen atoms in total. The van der Waals surface area contributed by atoms with E-state index in [1.165, 1.54) is 42.5 Å². The first-order valence-electron chi connectivity index (χ1n) is 9.06. The summed E-state index contributed by atoms with van der Waals surface area (Å²) in [6.45, 7) is 5.45. The van der Waals surface area contributed by atoms with Gasteiger partial charge in [0.15, 0.2) is 0 Å². The van der Waals surface area contributed by atoms with Crippen molar-refractivity contribution in [2.24, 2.45) is 0 Å². The van der Waals surface area contributed by atoms with Gasteiger partial charge in [0, 0.05) is 29.9 Å². The second-order valence-corrected chi connectivity index (χ2v) is 6.50. The minimum Gasteiger partial charge on any atom is -0.490 e. The summed E-state index contributed by atoms with van der Waals surface area (Å²) < 4.78 is 43.8. The standard InChI is InChI=1S/C21H20F3N3O4/c1-14(25-20(28)26-17-8-4-7-16(13-17)21(22,23)24)5-3-6-15(2)31-19-11-9-18(10-12-19)27(29)30/h3-5,7-13,15H,1,6H2,2H3,(H2,25,26,28)/b5-3-. The van der Waals surface area contributed by atoms with Crippen molar-refractivity contribution >= 4 is 17.4 Å². The summed E-state index contributed by atoms with van der Waals surface area (Å²) >= 11 is 0. The lowest BCUT2D eigenvalue weighted by Gasteiger charge is -2.13. The van der Waals surface area contributed by atoms with E-state index < -0.39 is 22.7 Å². The average Bonchev–Trinajstić information content (AvgIpc) is 2.67. The number of hydrogen-bond acceptors (Lipinski definition) is 4. The van der Waals surface area contributed by atoms with E-state index in [-0.39, 0.29) is 23.2 Å². The van der Waals surface area contributed by atoms with E-state index in [2.05, 4.69) is 17.2 Å². The molecule has 164 valence electrons. The second-order valence-electron chi connectivity index (χ2n) is 6.50. The Morgan fingerprint density at radius 2 is 1.94 bits per heavy atom. The first-order chi connectivity index (χ1) is 14.5. The summed E-state index contributed by atoms with van der Waals surface area (Å²) in [7, 11) is 0. The highest BCUT2D eigenvalue weighted by Gasteiger charge is 2.30. The number of allylic oxidation sites excluding steroid dienone is 1. The van der Waals surface area contributed by atoms with Crippen LogP contribution in [0.15, 0.2) is 73.0 Å². The number of carbonyl (C=O) groups excluding carboxylic acids is 1. The quantitative estimate of drug-likeness (QED) is 0.318. The van der Waals surface area contributed by atoms with Crippen LogP contribution in [-0.4, -0.2) is 17.1 Å². The number of benzene rings is 2. The highest BCUT2D eigenvalue weighted by Crippen LogP contribution is 2.30. The van der Waals surface area contributed by atoms with Crippen LogP contribution in [0.25, 0.3) is 0 Å². The number of ether oxygens (including phenoxy) is 1. The largest absolute Gasteiger partial charge is 0.490 e. The molecular formula is C21H20F3N3O4. The van der Waals surface area contributed by atoms with Crippen molar-refractivity contribution in [2.75, 3.05) is 5.32 Å². The van der Waals surface area contributed by atoms with Crippen LogP contribution >= 0.6 is 0 Å². The highest BCUT2D eigenvalue weighted by atomic mass is 19.4. The van der Waals surface area contributed by atoms with Gasteiger partial charge in [0.25, 0.3) is 5.69 Å². The molecule has 0 bridgehead atoms. The zero-order chi connectivity index (χ0) is 23.0. The normalized spacial score (nSPS) is 12.3. The maximum Gasteiger partial charge on any atom is 0.416 e. The molecule has 0 aliphatic carbocycles. The van der Waals surface area contributed by atoms with E-state index in [0.29, 0.717) is 12.2 Å². The Morgan fingerprint density at radius 3 is 2.55 bits per heavy atom. The lowest BCUT2D eigenvalue weighted by molar-refractivity contribution is -0.384. The highest BCUT2D eigenvalue weighted by molar-refractivity contribution is 5.90. The summed E-state index contributed by atoms with van der Waals surface area (Å²) in [6.07, 6.45) is -1.09. The fourth-order valence-corrected chi connectivity index (χ4v) is 2.45. The molecule has 2 rings (SSSR count). The number of nitro benzene ring substituents is 1. The molecular weight excluding hydrogens is 415 g/mol. The molecule has 2 aromatic rings. The van der Waals surface area contributed by atoms with Gasteiger partial charge in [-0.25, -0.2) is 4.79 Å². The van der Waals surface area contributed by atoms with Gasteiger partial charge >= 0.3 is 12.2 Å². The van der Waals surface area contributed by atoms with Crippen LogP contribution in [0.4, 0.5) is 29.3 Å². The predicted molar refractivity (Wildman–Crippen MR) is 110 cm³/mol. The Labute approximate surface area is 176 Å². The molecule has 0 fully saturated rings. The Bertz CT molecular complexity index is 973. The third-order valence-corrected chi connectivity index (χ3v) is 3.89. The molecule has 1 atom stereocenters. The van der Waals surface area contributed by atoms with Crippen LogP contribution in [-0.2, 0) is 6.18 Å². The lowest BCUT2D eigenvalue weighted by atomic mass is 10.2. The van der Waals surface area contributed by atoms with Crippen molar-refractivity contribution in [2.45, 2.75) is 25.6 Å². The van der Waals surface area contributed by atoms with Gasteiger partial charge in [0.2, 0.25) is 0 Å². The smallest absolute Gasteiger partial charge is 0.416 e. The van der Waals surface area contributed by atoms with Crippen molar-refractivity contribution in [3.8, 4) is 5.75 Å². The van der Waals surface area contributed by atoms with Gasteiger partial charge in [-0.2, -0.15) is 13.2 Å². The van der Waals surface area contributed by atoms with Crippen molar-refractivity contribution in [3.63, 3.8) is 0 Å². The van der Waals surface area contributed by atoms with Gasteiger partial charge < -0.3 is 15.4 Å². The Hall–Kier alpha value is -3.82. The number of non-ortho nitro benzene ring substituents is 1. The first-order valence-corrected chi connectivity index (χ1v) is 9.06. The SMILES string of the molecule is C=C(/C=C\CC(C)Oc1ccc([N+](=O)[O-])cc1)NC(=O)Nc1cccc(C(F)(F)F)c1. The van der Waals surface area contributed by atoms with Crippen LogP contribution in [0.3, 0.4) is 0 Å². The minimum absolute atomic E-state index is 0.00535. The topological polar surface area (TPSA) is 93.5 Å². The predicted octanol–water partition coefficient (Wildman–Crippen LogP) is 5.66. The number of urea groups is 1. The number of halogens is 3. The van der Waals surface area contributed by atoms with Gasteiger partial charge in [0.1, 0.15) is 5.75 Å². The third kappa shape index (κ3) is 7.84. The zero-order valence-electron chi connectivity index (χ0n) is 16.5. The monoisotopic (exact) mass is 435 g/mol. The van der Waals surface area contributed by atoms with E-state index >= 15 is 0 Å². The maximum absolute atomic E-state index is 12.7. The number of anilines is 1. The van der Waals surface area contributed by atoms with Gasteiger partial charge in [0.05, 0.1) is 16.6 Å². The fourth-order valence-electron chi connectivity index (χ4n) is 2.45. The number of amides is 2. The van der Waals surface area contributed by atoms with Crippen molar-refractivity contribution in [3.05, 3.63) is 88.6 Å². The molecule has 2 aromatic carbocycles. The number of nitro groups is 1. The van der Waals surface area contributed by atoms with Gasteiger partial charge in [-0.05, 0) is 43.3 Å². The van der Waals surface area contributed by atoms with Crippen LogP contribution in [0, 0.1) is 10.1 Å². The van der Waals surface area contributed by atoms with Crippen LogP contribution in [0.1, 0.15) is 18.9 Å². The summed E-state index contributed by atoms with van der Waals surface area (Å²) in [6, 6.07) is 9.21. The molecule has 0 saturated heterocycles. The van der Waals surface area contributed by atoms with Gasteiger partial charge in [-0.3, -0.25) is 10.1 Å². The molecule has 0 spiro atoms. The summed E-state index contributed by atoms with van der Waals surface area (Å²) in [5.41, 5.74) is -0.682. The molecule has 0 heterocycles. The summed E-state index contributed by atoms with van der Waals surface area (Å²) in [5, 5.41) is 15.4. The van der Waals surface area contributed by atoms with Crippen molar-refractivity contribution < 1.29 is 27.6 Å². The van der Waals surface area contributed by atoms with Crippen LogP contribution in [0.2, 0.25) is 0 Å². The molecule has 1 unspecified atom stereocenters. The molecule has 2 N–H and O–H groups in total. The van der Waals surface area contributed by atoms with Gasteiger partial charge in [-0.1, -0.05) is 18.7 Å². The zero-order valence-corrected chi connectivity index (χ0v) is 16.5. The van der Waals surface area contributed by atoms with E-state index in [9.17, 15) is 28.1 Å². The number of nitrogens with zero attached hydrogens (tertiary/aromatic N) is 1. The molecule has 0 saturated carbocycles. The number of nitrogens with one attached hydrogen (secondary N) is 2. The van der Waals surface area contributed by atoms with Crippen LogP contribution < -0.4 is 15.4 Å².